The van der Waals surface area contributed by atoms with Gasteiger partial charge < -0.3 is 14.3 Å². The lowest BCUT2D eigenvalue weighted by molar-refractivity contribution is -0.113. The van der Waals surface area contributed by atoms with Gasteiger partial charge in [-0.3, -0.25) is 0 Å². The van der Waals surface area contributed by atoms with Crippen LogP contribution in [0.1, 0.15) is 13.3 Å². The standard InChI is InChI=1S/C6H12O3/c1-6(3-4-7)9-5-8-2/h4,6H,3,5H2,1-2H3/t6-/m0/s1. The number of carbonyl (C=O) groups excluding carboxylic acids is 1. The van der Waals surface area contributed by atoms with Gasteiger partial charge in [-0.15, -0.1) is 0 Å². The molecule has 0 bridgehead atoms. The van der Waals surface area contributed by atoms with Gasteiger partial charge in [-0.2, -0.15) is 0 Å². The first-order chi connectivity index (χ1) is 4.31. The molecule has 0 unspecified atom stereocenters. The van der Waals surface area contributed by atoms with Crippen molar-refractivity contribution in [1.29, 1.82) is 0 Å². The quantitative estimate of drug-likeness (QED) is 0.405. The third-order valence-corrected chi connectivity index (χ3v) is 0.899. The van der Waals surface area contributed by atoms with Gasteiger partial charge in [0.15, 0.2) is 0 Å². The van der Waals surface area contributed by atoms with Crippen LogP contribution in [-0.2, 0) is 14.3 Å². The molecule has 9 heavy (non-hydrogen) atoms. The lowest BCUT2D eigenvalue weighted by Gasteiger charge is -2.06. The fourth-order valence-corrected chi connectivity index (χ4v) is 0.388. The Kier molecular flexibility index (Phi) is 5.46. The zero-order chi connectivity index (χ0) is 7.11. The second-order valence-corrected chi connectivity index (χ2v) is 1.79. The van der Waals surface area contributed by atoms with Crippen LogP contribution in [0.4, 0.5) is 0 Å². The topological polar surface area (TPSA) is 35.5 Å². The number of hydrogen-bond acceptors (Lipinski definition) is 3. The minimum atomic E-state index is -0.0255. The Bertz CT molecular complexity index is 72.7. The summed E-state index contributed by atoms with van der Waals surface area (Å²) in [5.74, 6) is 0. The summed E-state index contributed by atoms with van der Waals surface area (Å²) in [7, 11) is 1.55. The largest absolute Gasteiger partial charge is 0.359 e. The molecule has 0 rings (SSSR count). The van der Waals surface area contributed by atoms with Crippen molar-refractivity contribution in [2.75, 3.05) is 13.9 Å². The van der Waals surface area contributed by atoms with Gasteiger partial charge in [0.05, 0.1) is 6.10 Å². The third-order valence-electron chi connectivity index (χ3n) is 0.899. The molecule has 0 N–H and O–H groups in total. The summed E-state index contributed by atoms with van der Waals surface area (Å²) in [5, 5.41) is 0. The van der Waals surface area contributed by atoms with E-state index in [1.807, 2.05) is 6.92 Å². The lowest BCUT2D eigenvalue weighted by Crippen LogP contribution is -2.10. The molecule has 0 fully saturated rings. The van der Waals surface area contributed by atoms with Gasteiger partial charge in [-0.05, 0) is 6.92 Å². The van der Waals surface area contributed by atoms with Crippen molar-refractivity contribution in [3.8, 4) is 0 Å². The van der Waals surface area contributed by atoms with Gasteiger partial charge >= 0.3 is 0 Å². The third kappa shape index (κ3) is 5.46. The summed E-state index contributed by atoms with van der Waals surface area (Å²) in [4.78, 5) is 9.86. The van der Waals surface area contributed by atoms with E-state index in [4.69, 9.17) is 4.74 Å². The van der Waals surface area contributed by atoms with Gasteiger partial charge in [0.1, 0.15) is 13.1 Å². The summed E-state index contributed by atoms with van der Waals surface area (Å²) in [6, 6.07) is 0. The number of aldehydes is 1. The van der Waals surface area contributed by atoms with E-state index in [-0.39, 0.29) is 12.9 Å². The maximum atomic E-state index is 9.86. The highest BCUT2D eigenvalue weighted by atomic mass is 16.7. The maximum Gasteiger partial charge on any atom is 0.146 e. The summed E-state index contributed by atoms with van der Waals surface area (Å²) < 4.78 is 9.60. The van der Waals surface area contributed by atoms with Gasteiger partial charge in [0.2, 0.25) is 0 Å². The van der Waals surface area contributed by atoms with Crippen molar-refractivity contribution in [2.45, 2.75) is 19.4 Å². The van der Waals surface area contributed by atoms with E-state index < -0.39 is 0 Å². The minimum absolute atomic E-state index is 0.0255. The Hall–Kier alpha value is -0.410. The van der Waals surface area contributed by atoms with Crippen LogP contribution in [0.3, 0.4) is 0 Å². The molecule has 0 saturated heterocycles. The highest BCUT2D eigenvalue weighted by Gasteiger charge is 1.97. The molecule has 3 nitrogen and oxygen atoms in total. The molecule has 1 atom stereocenters. The van der Waals surface area contributed by atoms with Crippen LogP contribution in [0.2, 0.25) is 0 Å². The molecule has 0 saturated carbocycles. The van der Waals surface area contributed by atoms with Gasteiger partial charge in [-0.25, -0.2) is 0 Å². The molecule has 54 valence electrons. The highest BCUT2D eigenvalue weighted by molar-refractivity contribution is 5.49. The Morgan fingerprint density at radius 2 is 2.33 bits per heavy atom. The fourth-order valence-electron chi connectivity index (χ4n) is 0.388. The first-order valence-electron chi connectivity index (χ1n) is 2.85. The monoisotopic (exact) mass is 132 g/mol. The summed E-state index contributed by atoms with van der Waals surface area (Å²) in [5.41, 5.74) is 0. The zero-order valence-corrected chi connectivity index (χ0v) is 5.79. The predicted molar refractivity (Wildman–Crippen MR) is 33.1 cm³/mol. The van der Waals surface area contributed by atoms with E-state index in [9.17, 15) is 4.79 Å². The van der Waals surface area contributed by atoms with Crippen LogP contribution in [-0.4, -0.2) is 26.3 Å². The molecule has 0 spiro atoms. The van der Waals surface area contributed by atoms with Crippen LogP contribution in [0.25, 0.3) is 0 Å². The number of hydrogen-bond donors (Lipinski definition) is 0. The van der Waals surface area contributed by atoms with Crippen LogP contribution in [0, 0.1) is 0 Å². The second-order valence-electron chi connectivity index (χ2n) is 1.79. The number of ether oxygens (including phenoxy) is 2. The average molecular weight is 132 g/mol. The van der Waals surface area contributed by atoms with Gasteiger partial charge in [0, 0.05) is 13.5 Å². The van der Waals surface area contributed by atoms with Crippen molar-refractivity contribution in [3.05, 3.63) is 0 Å². The van der Waals surface area contributed by atoms with Crippen LogP contribution in [0.15, 0.2) is 0 Å². The molecule has 3 heteroatoms. The van der Waals surface area contributed by atoms with Crippen LogP contribution < -0.4 is 0 Å². The average Bonchev–Trinajstić information content (AvgIpc) is 1.85. The van der Waals surface area contributed by atoms with Crippen molar-refractivity contribution in [3.63, 3.8) is 0 Å². The highest BCUT2D eigenvalue weighted by Crippen LogP contribution is 1.92. The summed E-state index contributed by atoms with van der Waals surface area (Å²) in [6.07, 6.45) is 1.24. The molecule has 0 aliphatic heterocycles. The lowest BCUT2D eigenvalue weighted by atomic mass is 10.3. The Morgan fingerprint density at radius 3 is 2.78 bits per heavy atom. The first kappa shape index (κ1) is 8.59. The SMILES string of the molecule is COCO[C@@H](C)CC=O. The van der Waals surface area contributed by atoms with Crippen LogP contribution in [0.5, 0.6) is 0 Å². The van der Waals surface area contributed by atoms with Crippen molar-refractivity contribution in [2.24, 2.45) is 0 Å². The Balaban J connectivity index is 3.04. The zero-order valence-electron chi connectivity index (χ0n) is 5.79. The van der Waals surface area contributed by atoms with E-state index in [2.05, 4.69) is 4.74 Å². The van der Waals surface area contributed by atoms with Gasteiger partial charge in [-0.1, -0.05) is 0 Å². The second kappa shape index (κ2) is 5.72. The van der Waals surface area contributed by atoms with Gasteiger partial charge in [0.25, 0.3) is 0 Å². The van der Waals surface area contributed by atoms with E-state index in [1.165, 1.54) is 0 Å². The Labute approximate surface area is 55.0 Å². The molecule has 0 heterocycles. The van der Waals surface area contributed by atoms with Crippen LogP contribution >= 0.6 is 0 Å². The number of carbonyl (C=O) groups is 1. The maximum absolute atomic E-state index is 9.86. The smallest absolute Gasteiger partial charge is 0.146 e. The van der Waals surface area contributed by atoms with Crippen molar-refractivity contribution in [1.82, 2.24) is 0 Å². The molecular formula is C6H12O3. The molecule has 0 aromatic rings. The minimum Gasteiger partial charge on any atom is -0.359 e. The van der Waals surface area contributed by atoms with Crippen molar-refractivity contribution < 1.29 is 14.3 Å². The summed E-state index contributed by atoms with van der Waals surface area (Å²) >= 11 is 0. The first-order valence-corrected chi connectivity index (χ1v) is 2.85. The fraction of sp³-hybridized carbons (Fsp3) is 0.833. The van der Waals surface area contributed by atoms with E-state index in [1.54, 1.807) is 7.11 Å². The van der Waals surface area contributed by atoms with Crippen molar-refractivity contribution >= 4 is 6.29 Å². The molecule has 0 aromatic carbocycles. The van der Waals surface area contributed by atoms with E-state index >= 15 is 0 Å². The molecule has 0 aliphatic carbocycles. The number of rotatable bonds is 5. The number of methoxy groups -OCH3 is 1. The van der Waals surface area contributed by atoms with E-state index in [0.29, 0.717) is 6.42 Å². The Morgan fingerprint density at radius 1 is 1.67 bits per heavy atom. The summed E-state index contributed by atoms with van der Waals surface area (Å²) in [6.45, 7) is 2.09. The molecular weight excluding hydrogens is 120 g/mol. The predicted octanol–water partition coefficient (Wildman–Crippen LogP) is 0.584. The molecule has 0 amide bonds. The molecule has 0 aliphatic rings. The normalized spacial score (nSPS) is 13.1. The van der Waals surface area contributed by atoms with E-state index in [0.717, 1.165) is 6.29 Å². The molecule has 0 radical (unpaired) electrons. The molecule has 0 aromatic heterocycles.